The van der Waals surface area contributed by atoms with E-state index in [0.29, 0.717) is 61.3 Å². The molecule has 4 saturated carbocycles. The molecule has 2 amide bonds. The zero-order chi connectivity index (χ0) is 38.4. The van der Waals surface area contributed by atoms with Crippen LogP contribution in [0.3, 0.4) is 0 Å². The number of piperidine rings is 2. The molecule has 4 atom stereocenters. The van der Waals surface area contributed by atoms with Gasteiger partial charge in [0.2, 0.25) is 11.8 Å². The molecule has 11 heteroatoms. The molecule has 0 unspecified atom stereocenters. The van der Waals surface area contributed by atoms with Crippen molar-refractivity contribution in [1.82, 2.24) is 20.0 Å². The summed E-state index contributed by atoms with van der Waals surface area (Å²) in [4.78, 5) is 42.8. The van der Waals surface area contributed by atoms with Crippen molar-refractivity contribution >= 4 is 17.6 Å². The van der Waals surface area contributed by atoms with Crippen LogP contribution in [0.4, 0.5) is 0 Å². The number of fused-ring (bicyclic) bond motifs is 2. The maximum absolute atomic E-state index is 12.6. The van der Waals surface area contributed by atoms with Crippen LogP contribution in [0.25, 0.3) is 0 Å². The minimum Gasteiger partial charge on any atom is -0.381 e. The van der Waals surface area contributed by atoms with Crippen LogP contribution in [0.15, 0.2) is 0 Å². The molecule has 8 rings (SSSR count). The zero-order valence-corrected chi connectivity index (χ0v) is 34.6. The predicted octanol–water partition coefficient (Wildman–Crippen LogP) is 5.91. The monoisotopic (exact) mass is 773 g/mol. The number of carbonyl (C=O) groups excluding carboxylic acids is 3. The summed E-state index contributed by atoms with van der Waals surface area (Å²) in [5, 5.41) is 3.37. The number of ether oxygens (including phenoxy) is 4. The topological polar surface area (TPSA) is 110 Å². The van der Waals surface area contributed by atoms with Crippen molar-refractivity contribution in [3.63, 3.8) is 0 Å². The fourth-order valence-corrected chi connectivity index (χ4v) is 11.0. The molecule has 11 nitrogen and oxygen atoms in total. The third-order valence-electron chi connectivity index (χ3n) is 14.2. The van der Waals surface area contributed by atoms with E-state index in [1.807, 2.05) is 6.92 Å². The van der Waals surface area contributed by atoms with E-state index in [9.17, 15) is 14.4 Å². The number of likely N-dealkylation sites (tertiary alicyclic amines) is 1. The van der Waals surface area contributed by atoms with Gasteiger partial charge in [0.1, 0.15) is 19.0 Å². The van der Waals surface area contributed by atoms with Crippen LogP contribution in [-0.4, -0.2) is 141 Å². The first-order chi connectivity index (χ1) is 26.9. The van der Waals surface area contributed by atoms with E-state index in [4.69, 9.17) is 18.9 Å². The lowest BCUT2D eigenvalue weighted by atomic mass is 9.84. The van der Waals surface area contributed by atoms with Crippen LogP contribution in [0.5, 0.6) is 0 Å². The molecule has 8 fully saturated rings. The second kappa shape index (κ2) is 22.5. The molecule has 1 N–H and O–H groups in total. The van der Waals surface area contributed by atoms with Crippen molar-refractivity contribution in [2.45, 2.75) is 185 Å². The summed E-state index contributed by atoms with van der Waals surface area (Å²) in [6.07, 6.45) is 23.6. The highest BCUT2D eigenvalue weighted by Gasteiger charge is 2.43. The van der Waals surface area contributed by atoms with E-state index in [1.54, 1.807) is 0 Å². The number of hydrogen-bond acceptors (Lipinski definition) is 9. The van der Waals surface area contributed by atoms with Gasteiger partial charge in [0.15, 0.2) is 0 Å². The largest absolute Gasteiger partial charge is 0.381 e. The van der Waals surface area contributed by atoms with Crippen LogP contribution >= 0.6 is 0 Å². The second-order valence-corrected chi connectivity index (χ2v) is 17.7. The number of rotatable bonds is 9. The Morgan fingerprint density at radius 3 is 1.55 bits per heavy atom. The van der Waals surface area contributed by atoms with Gasteiger partial charge in [-0.1, -0.05) is 25.7 Å². The summed E-state index contributed by atoms with van der Waals surface area (Å²) in [7, 11) is 0. The maximum atomic E-state index is 12.6. The summed E-state index contributed by atoms with van der Waals surface area (Å²) >= 11 is 0. The van der Waals surface area contributed by atoms with Crippen LogP contribution in [0.1, 0.15) is 142 Å². The first-order valence-electron chi connectivity index (χ1n) is 22.9. The van der Waals surface area contributed by atoms with Gasteiger partial charge in [-0.3, -0.25) is 14.4 Å². The van der Waals surface area contributed by atoms with Gasteiger partial charge in [-0.05, 0) is 129 Å². The first kappa shape index (κ1) is 43.0. The molecule has 4 saturated heterocycles. The lowest BCUT2D eigenvalue weighted by Crippen LogP contribution is -2.61. The van der Waals surface area contributed by atoms with Gasteiger partial charge in [-0.2, -0.15) is 0 Å². The summed E-state index contributed by atoms with van der Waals surface area (Å²) in [5.41, 5.74) is 0. The lowest BCUT2D eigenvalue weighted by Gasteiger charge is -2.50. The van der Waals surface area contributed by atoms with Gasteiger partial charge in [0, 0.05) is 70.5 Å². The third-order valence-corrected chi connectivity index (χ3v) is 14.2. The number of carbonyl (C=O) groups is 3. The van der Waals surface area contributed by atoms with Crippen molar-refractivity contribution in [1.29, 1.82) is 0 Å². The van der Waals surface area contributed by atoms with Crippen LogP contribution < -0.4 is 5.32 Å². The minimum atomic E-state index is 0.222. The number of ketones is 1. The third kappa shape index (κ3) is 12.2. The molecule has 4 aliphatic carbocycles. The molecular weight excluding hydrogens is 697 g/mol. The van der Waals surface area contributed by atoms with E-state index < -0.39 is 0 Å². The molecule has 0 radical (unpaired) electrons. The fraction of sp³-hybridized carbons (Fsp3) is 0.932. The minimum absolute atomic E-state index is 0.222. The summed E-state index contributed by atoms with van der Waals surface area (Å²) in [6, 6.07) is 2.38. The van der Waals surface area contributed by atoms with Crippen molar-refractivity contribution in [3.05, 3.63) is 0 Å². The Morgan fingerprint density at radius 2 is 1.04 bits per heavy atom. The standard InChI is InChI=1S/C22H38N2O3.C13H22N2O2.C9H16O2/c1-2-26-15-17-7-9-18(10-8-17)23-13-11-19(12-14-23)24-20-5-3-4-6-21(20)27-16-22(24)25;16-13-9-17-12-4-2-1-3-11(12)15(13)10-5-7-14-8-6-10;1-2-11-7-8-3-5-9(10)6-4-8/h17-21H,2-16H2,1H3;10-12,14H,1-9H2;8H,2-7H2,1H3/t17?,18?,20-,21-;11-,12-;/m00./s1. The number of morpholine rings is 2. The second-order valence-electron chi connectivity index (χ2n) is 17.7. The van der Waals surface area contributed by atoms with Gasteiger partial charge in [0.05, 0.1) is 24.3 Å². The molecule has 4 aliphatic heterocycles. The molecule has 0 bridgehead atoms. The van der Waals surface area contributed by atoms with Crippen molar-refractivity contribution in [3.8, 4) is 0 Å². The Morgan fingerprint density at radius 1 is 0.564 bits per heavy atom. The highest BCUT2D eigenvalue weighted by molar-refractivity contribution is 5.80. The number of Topliss-reactive ketones (excluding diaryl/α,β-unsaturated/α-hetero) is 1. The maximum Gasteiger partial charge on any atom is 0.249 e. The smallest absolute Gasteiger partial charge is 0.249 e. The first-order valence-corrected chi connectivity index (χ1v) is 22.9. The SMILES string of the molecule is CCOCC1CCC(=O)CC1.CCOCC1CCC(N2CCC(N3C(=O)CO[C@H]4CCCC[C@@H]43)CC2)CC1.O=C1CO[C@H]2CCCC[C@@H]2N1C1CCNCC1. The molecule has 0 aromatic rings. The average Bonchev–Trinajstić information content (AvgIpc) is 3.24. The zero-order valence-electron chi connectivity index (χ0n) is 34.6. The van der Waals surface area contributed by atoms with Crippen molar-refractivity contribution in [2.75, 3.05) is 65.8 Å². The summed E-state index contributed by atoms with van der Waals surface area (Å²) < 4.78 is 22.5. The van der Waals surface area contributed by atoms with Gasteiger partial charge >= 0.3 is 0 Å². The van der Waals surface area contributed by atoms with E-state index in [1.165, 1.54) is 51.4 Å². The molecule has 0 spiro atoms. The van der Waals surface area contributed by atoms with Gasteiger partial charge < -0.3 is 39.0 Å². The molecule has 4 heterocycles. The van der Waals surface area contributed by atoms with Crippen LogP contribution in [0, 0.1) is 11.8 Å². The Hall–Kier alpha value is -1.63. The summed E-state index contributed by atoms with van der Waals surface area (Å²) in [5.74, 6) is 2.31. The quantitative estimate of drug-likeness (QED) is 0.306. The number of nitrogens with one attached hydrogen (secondary N) is 1. The average molecular weight is 773 g/mol. The van der Waals surface area contributed by atoms with Gasteiger partial charge in [-0.15, -0.1) is 0 Å². The fourth-order valence-electron chi connectivity index (χ4n) is 11.0. The van der Waals surface area contributed by atoms with E-state index >= 15 is 0 Å². The Balaban J connectivity index is 0.000000156. The van der Waals surface area contributed by atoms with Gasteiger partial charge in [0.25, 0.3) is 0 Å². The van der Waals surface area contributed by atoms with E-state index in [-0.39, 0.29) is 11.8 Å². The highest BCUT2D eigenvalue weighted by Crippen LogP contribution is 2.35. The molecule has 314 valence electrons. The Labute approximate surface area is 332 Å². The molecular formula is C44H76N4O7. The normalized spacial score (nSPS) is 33.2. The molecule has 0 aromatic heterocycles. The molecule has 8 aliphatic rings. The Bertz CT molecular complexity index is 1160. The highest BCUT2D eigenvalue weighted by atomic mass is 16.5. The number of hydrogen-bond donors (Lipinski definition) is 1. The summed E-state index contributed by atoms with van der Waals surface area (Å²) in [6.45, 7) is 12.6. The number of amides is 2. The van der Waals surface area contributed by atoms with Crippen LogP contribution in [-0.2, 0) is 33.3 Å². The van der Waals surface area contributed by atoms with Gasteiger partial charge in [-0.25, -0.2) is 0 Å². The van der Waals surface area contributed by atoms with Crippen molar-refractivity contribution in [2.24, 2.45) is 11.8 Å². The van der Waals surface area contributed by atoms with E-state index in [2.05, 4.69) is 26.9 Å². The van der Waals surface area contributed by atoms with Crippen molar-refractivity contribution < 1.29 is 33.3 Å². The molecule has 55 heavy (non-hydrogen) atoms. The molecule has 0 aromatic carbocycles. The van der Waals surface area contributed by atoms with E-state index in [0.717, 1.165) is 142 Å². The Kier molecular flexibility index (Phi) is 17.6. The van der Waals surface area contributed by atoms with Crippen LogP contribution in [0.2, 0.25) is 0 Å². The number of nitrogens with zero attached hydrogens (tertiary/aromatic N) is 3. The lowest BCUT2D eigenvalue weighted by molar-refractivity contribution is -0.167. The predicted molar refractivity (Wildman–Crippen MR) is 214 cm³/mol.